The van der Waals surface area contributed by atoms with Gasteiger partial charge < -0.3 is 15.0 Å². The zero-order chi connectivity index (χ0) is 21.6. The maximum absolute atomic E-state index is 12.6. The third-order valence-electron chi connectivity index (χ3n) is 5.81. The van der Waals surface area contributed by atoms with Gasteiger partial charge in [0.25, 0.3) is 0 Å². The van der Waals surface area contributed by atoms with Gasteiger partial charge in [-0.25, -0.2) is 0 Å². The van der Waals surface area contributed by atoms with Gasteiger partial charge in [-0.1, -0.05) is 29.8 Å². The van der Waals surface area contributed by atoms with Gasteiger partial charge in [-0.05, 0) is 61.7 Å². The highest BCUT2D eigenvalue weighted by Crippen LogP contribution is 2.24. The first-order valence-corrected chi connectivity index (χ1v) is 10.7. The van der Waals surface area contributed by atoms with Crippen molar-refractivity contribution in [1.29, 1.82) is 0 Å². The molecule has 0 bridgehead atoms. The van der Waals surface area contributed by atoms with E-state index in [9.17, 15) is 4.79 Å². The number of benzene rings is 2. The van der Waals surface area contributed by atoms with Gasteiger partial charge >= 0.3 is 0 Å². The number of aromatic nitrogens is 2. The molecule has 0 atom stereocenters. The highest BCUT2D eigenvalue weighted by Gasteiger charge is 2.25. The van der Waals surface area contributed by atoms with Crippen LogP contribution in [0.25, 0.3) is 11.3 Å². The lowest BCUT2D eigenvalue weighted by atomic mass is 9.95. The van der Waals surface area contributed by atoms with E-state index in [0.717, 1.165) is 54.3 Å². The van der Waals surface area contributed by atoms with Crippen LogP contribution in [0.2, 0.25) is 0 Å². The minimum Gasteiger partial charge on any atom is -0.497 e. The summed E-state index contributed by atoms with van der Waals surface area (Å²) in [6.07, 6.45) is 1.64. The van der Waals surface area contributed by atoms with Crippen molar-refractivity contribution in [2.45, 2.75) is 26.3 Å². The van der Waals surface area contributed by atoms with Crippen LogP contribution in [0.4, 0.5) is 5.82 Å². The van der Waals surface area contributed by atoms with Crippen LogP contribution in [-0.2, 0) is 11.3 Å². The minimum absolute atomic E-state index is 0.0493. The van der Waals surface area contributed by atoms with Gasteiger partial charge in [0.15, 0.2) is 5.82 Å². The summed E-state index contributed by atoms with van der Waals surface area (Å²) >= 11 is 0. The van der Waals surface area contributed by atoms with Crippen LogP contribution in [0.5, 0.6) is 5.75 Å². The molecule has 1 N–H and O–H groups in total. The van der Waals surface area contributed by atoms with Crippen LogP contribution >= 0.6 is 0 Å². The van der Waals surface area contributed by atoms with Gasteiger partial charge in [-0.3, -0.25) is 4.79 Å². The molecule has 0 aliphatic carbocycles. The van der Waals surface area contributed by atoms with Crippen LogP contribution in [0.3, 0.4) is 0 Å². The monoisotopic (exact) mass is 416 g/mol. The molecule has 0 unspecified atom stereocenters. The summed E-state index contributed by atoms with van der Waals surface area (Å²) in [7, 11) is 1.65. The Morgan fingerprint density at radius 1 is 1.00 bits per heavy atom. The molecule has 31 heavy (non-hydrogen) atoms. The predicted octanol–water partition coefficient (Wildman–Crippen LogP) is 3.99. The van der Waals surface area contributed by atoms with E-state index in [4.69, 9.17) is 4.74 Å². The lowest BCUT2D eigenvalue weighted by Crippen LogP contribution is -2.40. The largest absolute Gasteiger partial charge is 0.497 e. The molecule has 6 nitrogen and oxygen atoms in total. The summed E-state index contributed by atoms with van der Waals surface area (Å²) in [4.78, 5) is 14.8. The number of rotatable bonds is 6. The van der Waals surface area contributed by atoms with Crippen molar-refractivity contribution in [3.63, 3.8) is 0 Å². The summed E-state index contributed by atoms with van der Waals surface area (Å²) in [5.74, 6) is 1.87. The maximum Gasteiger partial charge on any atom is 0.223 e. The number of carbonyl (C=O) groups excluding carboxylic acids is 1. The fourth-order valence-corrected chi connectivity index (χ4v) is 3.82. The number of nitrogens with zero attached hydrogens (tertiary/aromatic N) is 3. The Kier molecular flexibility index (Phi) is 6.46. The Balaban J connectivity index is 1.28. The summed E-state index contributed by atoms with van der Waals surface area (Å²) in [5, 5.41) is 11.9. The second-order valence-corrected chi connectivity index (χ2v) is 7.97. The molecule has 0 radical (unpaired) electrons. The Morgan fingerprint density at radius 2 is 1.71 bits per heavy atom. The molecule has 2 aromatic carbocycles. The Morgan fingerprint density at radius 3 is 2.32 bits per heavy atom. The van der Waals surface area contributed by atoms with Crippen LogP contribution in [0.15, 0.2) is 60.7 Å². The number of aryl methyl sites for hydroxylation is 1. The number of carbonyl (C=O) groups is 1. The molecule has 1 amide bonds. The van der Waals surface area contributed by atoms with Crippen molar-refractivity contribution in [2.24, 2.45) is 5.92 Å². The van der Waals surface area contributed by atoms with Gasteiger partial charge in [-0.2, -0.15) is 0 Å². The van der Waals surface area contributed by atoms with Crippen LogP contribution < -0.4 is 15.0 Å². The zero-order valence-corrected chi connectivity index (χ0v) is 18.0. The van der Waals surface area contributed by atoms with E-state index in [-0.39, 0.29) is 11.8 Å². The van der Waals surface area contributed by atoms with Crippen LogP contribution in [-0.4, -0.2) is 36.3 Å². The van der Waals surface area contributed by atoms with Crippen molar-refractivity contribution >= 4 is 11.7 Å². The first-order chi connectivity index (χ1) is 15.1. The van der Waals surface area contributed by atoms with Crippen molar-refractivity contribution in [2.75, 3.05) is 25.1 Å². The first kappa shape index (κ1) is 20.8. The molecule has 1 aromatic heterocycles. The minimum atomic E-state index is 0.0493. The van der Waals surface area contributed by atoms with Gasteiger partial charge in [0.1, 0.15) is 5.75 Å². The van der Waals surface area contributed by atoms with Gasteiger partial charge in [0, 0.05) is 31.1 Å². The molecule has 160 valence electrons. The summed E-state index contributed by atoms with van der Waals surface area (Å²) in [6, 6.07) is 20.0. The van der Waals surface area contributed by atoms with E-state index in [1.807, 2.05) is 36.4 Å². The number of hydrogen-bond acceptors (Lipinski definition) is 5. The first-order valence-electron chi connectivity index (χ1n) is 10.7. The fourth-order valence-electron chi connectivity index (χ4n) is 3.82. The van der Waals surface area contributed by atoms with E-state index >= 15 is 0 Å². The average molecular weight is 417 g/mol. The van der Waals surface area contributed by atoms with Crippen molar-refractivity contribution in [1.82, 2.24) is 15.5 Å². The molecule has 1 saturated heterocycles. The normalized spacial score (nSPS) is 14.3. The fraction of sp³-hybridized carbons (Fsp3) is 0.320. The van der Waals surface area contributed by atoms with E-state index < -0.39 is 0 Å². The highest BCUT2D eigenvalue weighted by atomic mass is 16.5. The zero-order valence-electron chi connectivity index (χ0n) is 18.0. The van der Waals surface area contributed by atoms with Crippen molar-refractivity contribution < 1.29 is 9.53 Å². The van der Waals surface area contributed by atoms with E-state index in [1.54, 1.807) is 7.11 Å². The SMILES string of the molecule is COc1ccc(-c2ccc(N3CCC(C(=O)NCc4ccc(C)cc4)CC3)nn2)cc1. The van der Waals surface area contributed by atoms with Crippen LogP contribution in [0.1, 0.15) is 24.0 Å². The summed E-state index contributed by atoms with van der Waals surface area (Å²) in [6.45, 7) is 4.25. The topological polar surface area (TPSA) is 67.3 Å². The molecule has 0 spiro atoms. The lowest BCUT2D eigenvalue weighted by Gasteiger charge is -2.31. The Bertz CT molecular complexity index is 993. The molecule has 6 heteroatoms. The lowest BCUT2D eigenvalue weighted by molar-refractivity contribution is -0.125. The predicted molar refractivity (Wildman–Crippen MR) is 122 cm³/mol. The smallest absolute Gasteiger partial charge is 0.223 e. The van der Waals surface area contributed by atoms with Crippen molar-refractivity contribution in [3.05, 3.63) is 71.8 Å². The second-order valence-electron chi connectivity index (χ2n) is 7.97. The number of methoxy groups -OCH3 is 1. The van der Waals surface area contributed by atoms with Gasteiger partial charge in [0.05, 0.1) is 12.8 Å². The molecule has 2 heterocycles. The molecular weight excluding hydrogens is 388 g/mol. The molecular formula is C25H28N4O2. The summed E-state index contributed by atoms with van der Waals surface area (Å²) in [5.41, 5.74) is 4.19. The number of amides is 1. The number of anilines is 1. The van der Waals surface area contributed by atoms with E-state index in [2.05, 4.69) is 51.6 Å². The molecule has 1 fully saturated rings. The standard InChI is InChI=1S/C25H28N4O2/c1-18-3-5-19(6-4-18)17-26-25(30)21-13-15-29(16-14-21)24-12-11-23(27-28-24)20-7-9-22(31-2)10-8-20/h3-12,21H,13-17H2,1-2H3,(H,26,30). The van der Waals surface area contributed by atoms with Crippen LogP contribution in [0, 0.1) is 12.8 Å². The maximum atomic E-state index is 12.6. The number of hydrogen-bond donors (Lipinski definition) is 1. The van der Waals surface area contributed by atoms with Crippen molar-refractivity contribution in [3.8, 4) is 17.0 Å². The molecule has 3 aromatic rings. The highest BCUT2D eigenvalue weighted by molar-refractivity contribution is 5.79. The Labute approximate surface area is 183 Å². The van der Waals surface area contributed by atoms with Gasteiger partial charge in [0.2, 0.25) is 5.91 Å². The molecule has 1 aliphatic rings. The quantitative estimate of drug-likeness (QED) is 0.658. The van der Waals surface area contributed by atoms with Gasteiger partial charge in [-0.15, -0.1) is 10.2 Å². The second kappa shape index (κ2) is 9.60. The average Bonchev–Trinajstić information content (AvgIpc) is 2.84. The van der Waals surface area contributed by atoms with E-state index in [0.29, 0.717) is 6.54 Å². The molecule has 4 rings (SSSR count). The third kappa shape index (κ3) is 5.20. The molecule has 0 saturated carbocycles. The summed E-state index contributed by atoms with van der Waals surface area (Å²) < 4.78 is 5.20. The molecule has 1 aliphatic heterocycles. The van der Waals surface area contributed by atoms with E-state index in [1.165, 1.54) is 5.56 Å². The number of ether oxygens (including phenoxy) is 1. The third-order valence-corrected chi connectivity index (χ3v) is 5.81. The number of piperidine rings is 1. The number of nitrogens with one attached hydrogen (secondary N) is 1. The Hall–Kier alpha value is -3.41.